The highest BCUT2D eigenvalue weighted by molar-refractivity contribution is 7.92. The molecule has 4 nitrogen and oxygen atoms in total. The summed E-state index contributed by atoms with van der Waals surface area (Å²) in [5.41, 5.74) is 4.01. The van der Waals surface area contributed by atoms with Gasteiger partial charge in [0.2, 0.25) is 0 Å². The molecular weight excluding hydrogens is 404 g/mol. The molecule has 1 heterocycles. The summed E-state index contributed by atoms with van der Waals surface area (Å²) in [7, 11) is -3.42. The monoisotopic (exact) mass is 428 g/mol. The molecule has 156 valence electrons. The Bertz CT molecular complexity index is 1190. The predicted molar refractivity (Wildman–Crippen MR) is 128 cm³/mol. The van der Waals surface area contributed by atoms with E-state index >= 15 is 0 Å². The van der Waals surface area contributed by atoms with Gasteiger partial charge in [0.25, 0.3) is 0 Å². The smallest absolute Gasteiger partial charge is 0.177 e. The van der Waals surface area contributed by atoms with Crippen molar-refractivity contribution in [3.05, 3.63) is 90.5 Å². The van der Waals surface area contributed by atoms with Gasteiger partial charge < -0.3 is 4.90 Å². The number of sulfone groups is 1. The summed E-state index contributed by atoms with van der Waals surface area (Å²) in [6.45, 7) is 1.15. The van der Waals surface area contributed by atoms with Gasteiger partial charge in [0.05, 0.1) is 12.3 Å². The van der Waals surface area contributed by atoms with Crippen molar-refractivity contribution in [2.75, 3.05) is 23.7 Å². The van der Waals surface area contributed by atoms with Gasteiger partial charge in [-0.25, -0.2) is 8.42 Å². The third-order valence-electron chi connectivity index (χ3n) is 5.20. The van der Waals surface area contributed by atoms with E-state index in [0.29, 0.717) is 19.5 Å². The number of benzene rings is 3. The minimum absolute atomic E-state index is 0.00210. The van der Waals surface area contributed by atoms with Gasteiger partial charge in [0.15, 0.2) is 15.2 Å². The first-order valence-electron chi connectivity index (χ1n) is 10.3. The quantitative estimate of drug-likeness (QED) is 0.565. The molecule has 0 saturated heterocycles. The summed E-state index contributed by atoms with van der Waals surface area (Å²) >= 11 is 0. The minimum atomic E-state index is -3.42. The third-order valence-corrected chi connectivity index (χ3v) is 7.09. The molecule has 1 aliphatic rings. The lowest BCUT2D eigenvalue weighted by Gasteiger charge is -2.33. The van der Waals surface area contributed by atoms with E-state index in [1.165, 1.54) is 0 Å². The molecule has 0 saturated carbocycles. The number of nitrogens with zero attached hydrogens (tertiary/aromatic N) is 2. The zero-order valence-corrected chi connectivity index (χ0v) is 18.0. The maximum Gasteiger partial charge on any atom is 0.177 e. The summed E-state index contributed by atoms with van der Waals surface area (Å²) in [4.78, 5) is 6.18. The van der Waals surface area contributed by atoms with Crippen molar-refractivity contribution in [2.24, 2.45) is 4.99 Å². The average Bonchev–Trinajstić information content (AvgIpc) is 2.83. The second-order valence-corrected chi connectivity index (χ2v) is 9.55. The lowest BCUT2D eigenvalue weighted by atomic mass is 10.1. The van der Waals surface area contributed by atoms with E-state index in [4.69, 9.17) is 0 Å². The van der Waals surface area contributed by atoms with E-state index in [-0.39, 0.29) is 5.75 Å². The van der Waals surface area contributed by atoms with Crippen LogP contribution in [0.4, 0.5) is 5.69 Å². The SMILES string of the molecule is O=S(=O)(CCC#Cc1ccccc1)C1C=NCCN1c1ccc(-c2ccccc2)cc1. The van der Waals surface area contributed by atoms with Gasteiger partial charge in [-0.3, -0.25) is 4.99 Å². The van der Waals surface area contributed by atoms with Crippen LogP contribution in [0.3, 0.4) is 0 Å². The van der Waals surface area contributed by atoms with Crippen LogP contribution in [0, 0.1) is 11.8 Å². The van der Waals surface area contributed by atoms with Crippen LogP contribution in [0.5, 0.6) is 0 Å². The van der Waals surface area contributed by atoms with Crippen LogP contribution < -0.4 is 4.90 Å². The zero-order chi connectivity index (χ0) is 21.5. The Balaban J connectivity index is 1.48. The summed E-state index contributed by atoms with van der Waals surface area (Å²) in [6, 6.07) is 27.8. The standard InChI is InChI=1S/C26H24N2O2S/c29-31(30,20-8-7-11-22-9-3-1-4-10-22)26-21-27-18-19-28(26)25-16-14-24(15-17-25)23-12-5-2-6-13-23/h1-6,9-10,12-17,21,26H,8,18-20H2. The lowest BCUT2D eigenvalue weighted by Crippen LogP contribution is -2.47. The van der Waals surface area contributed by atoms with Crippen molar-refractivity contribution in [1.82, 2.24) is 0 Å². The molecule has 0 N–H and O–H groups in total. The van der Waals surface area contributed by atoms with Crippen molar-refractivity contribution in [1.29, 1.82) is 0 Å². The molecule has 1 atom stereocenters. The first-order chi connectivity index (χ1) is 15.1. The molecule has 3 aromatic carbocycles. The molecule has 1 aliphatic heterocycles. The van der Waals surface area contributed by atoms with Crippen molar-refractivity contribution >= 4 is 21.7 Å². The van der Waals surface area contributed by atoms with E-state index in [2.05, 4.69) is 29.0 Å². The highest BCUT2D eigenvalue weighted by atomic mass is 32.2. The number of aliphatic imine (C=N–C) groups is 1. The predicted octanol–water partition coefficient (Wildman–Crippen LogP) is 4.43. The fourth-order valence-electron chi connectivity index (χ4n) is 3.58. The van der Waals surface area contributed by atoms with Gasteiger partial charge in [-0.2, -0.15) is 0 Å². The summed E-state index contributed by atoms with van der Waals surface area (Å²) in [5, 5.41) is -0.762. The van der Waals surface area contributed by atoms with Crippen LogP contribution in [0.25, 0.3) is 11.1 Å². The molecule has 4 rings (SSSR count). The Hall–Kier alpha value is -3.36. The molecule has 0 aliphatic carbocycles. The normalized spacial score (nSPS) is 15.9. The van der Waals surface area contributed by atoms with Crippen LogP contribution in [-0.2, 0) is 9.84 Å². The number of anilines is 1. The second kappa shape index (κ2) is 9.63. The van der Waals surface area contributed by atoms with Crippen LogP contribution in [0.15, 0.2) is 89.9 Å². The first-order valence-corrected chi connectivity index (χ1v) is 12.0. The molecule has 0 amide bonds. The maximum absolute atomic E-state index is 13.1. The highest BCUT2D eigenvalue weighted by Crippen LogP contribution is 2.26. The van der Waals surface area contributed by atoms with E-state index < -0.39 is 15.2 Å². The van der Waals surface area contributed by atoms with E-state index in [1.54, 1.807) is 6.21 Å². The van der Waals surface area contributed by atoms with Crippen molar-refractivity contribution < 1.29 is 8.42 Å². The molecule has 0 aromatic heterocycles. The number of hydrogen-bond acceptors (Lipinski definition) is 4. The van der Waals surface area contributed by atoms with Gasteiger partial charge in [0.1, 0.15) is 0 Å². The third kappa shape index (κ3) is 5.22. The Labute approximate surface area is 184 Å². The van der Waals surface area contributed by atoms with Gasteiger partial charge in [-0.05, 0) is 35.4 Å². The first kappa shape index (κ1) is 20.9. The minimum Gasteiger partial charge on any atom is -0.349 e. The fraction of sp³-hybridized carbons (Fsp3) is 0.192. The van der Waals surface area contributed by atoms with Crippen LogP contribution >= 0.6 is 0 Å². The maximum atomic E-state index is 13.1. The molecular formula is C26H24N2O2S. The van der Waals surface area contributed by atoms with Crippen molar-refractivity contribution in [3.8, 4) is 23.0 Å². The van der Waals surface area contributed by atoms with Gasteiger partial charge >= 0.3 is 0 Å². The molecule has 1 unspecified atom stereocenters. The molecule has 0 fully saturated rings. The van der Waals surface area contributed by atoms with Gasteiger partial charge in [0, 0.05) is 30.4 Å². The summed E-state index contributed by atoms with van der Waals surface area (Å²) in [6.07, 6.45) is 1.86. The van der Waals surface area contributed by atoms with Gasteiger partial charge in [-0.15, -0.1) is 0 Å². The average molecular weight is 429 g/mol. The topological polar surface area (TPSA) is 49.7 Å². The molecule has 0 radical (unpaired) electrons. The summed E-state index contributed by atoms with van der Waals surface area (Å²) < 4.78 is 26.1. The zero-order valence-electron chi connectivity index (χ0n) is 17.2. The van der Waals surface area contributed by atoms with Crippen LogP contribution in [-0.4, -0.2) is 38.8 Å². The molecule has 31 heavy (non-hydrogen) atoms. The molecule has 0 spiro atoms. The highest BCUT2D eigenvalue weighted by Gasteiger charge is 2.31. The molecule has 3 aromatic rings. The van der Waals surface area contributed by atoms with E-state index in [9.17, 15) is 8.42 Å². The van der Waals surface area contributed by atoms with Crippen LogP contribution in [0.2, 0.25) is 0 Å². The molecule has 5 heteroatoms. The van der Waals surface area contributed by atoms with E-state index in [0.717, 1.165) is 22.4 Å². The second-order valence-electron chi connectivity index (χ2n) is 7.34. The largest absolute Gasteiger partial charge is 0.349 e. The van der Waals surface area contributed by atoms with Crippen LogP contribution in [0.1, 0.15) is 12.0 Å². The number of hydrogen-bond donors (Lipinski definition) is 0. The fourth-order valence-corrected chi connectivity index (χ4v) is 5.09. The molecule has 0 bridgehead atoms. The Kier molecular flexibility index (Phi) is 6.49. The van der Waals surface area contributed by atoms with E-state index in [1.807, 2.05) is 77.7 Å². The summed E-state index contributed by atoms with van der Waals surface area (Å²) in [5.74, 6) is 6.01. The van der Waals surface area contributed by atoms with Crippen molar-refractivity contribution in [2.45, 2.75) is 11.8 Å². The Morgan fingerprint density at radius 1 is 0.871 bits per heavy atom. The Morgan fingerprint density at radius 3 is 2.23 bits per heavy atom. The Morgan fingerprint density at radius 2 is 1.52 bits per heavy atom. The van der Waals surface area contributed by atoms with Crippen molar-refractivity contribution in [3.63, 3.8) is 0 Å². The van der Waals surface area contributed by atoms with Gasteiger partial charge in [-0.1, -0.05) is 72.5 Å². The number of rotatable bonds is 5. The lowest BCUT2D eigenvalue weighted by molar-refractivity contribution is 0.585.